The van der Waals surface area contributed by atoms with Crippen molar-refractivity contribution in [1.82, 2.24) is 4.90 Å². The van der Waals surface area contributed by atoms with E-state index >= 15 is 0 Å². The van der Waals surface area contributed by atoms with Crippen molar-refractivity contribution in [2.45, 2.75) is 6.61 Å². The number of likely N-dealkylation sites (N-methyl/N-ethyl adjacent to an activating group) is 1. The summed E-state index contributed by atoms with van der Waals surface area (Å²) < 4.78 is 7.07. The van der Waals surface area contributed by atoms with Gasteiger partial charge in [-0.15, -0.1) is 0 Å². The molecular formula is C24H19BrN2O2S. The minimum Gasteiger partial charge on any atom is -0.488 e. The largest absolute Gasteiger partial charge is 0.488 e. The van der Waals surface area contributed by atoms with E-state index in [9.17, 15) is 4.79 Å². The van der Waals surface area contributed by atoms with Crippen LogP contribution >= 0.6 is 27.7 Å². The lowest BCUT2D eigenvalue weighted by Crippen LogP contribution is -2.23. The molecule has 4 rings (SSSR count). The molecule has 0 radical (unpaired) electrons. The molecule has 1 amide bonds. The van der Waals surface area contributed by atoms with Crippen LogP contribution in [0.2, 0.25) is 0 Å². The van der Waals surface area contributed by atoms with E-state index in [4.69, 9.17) is 4.74 Å². The van der Waals surface area contributed by atoms with Crippen LogP contribution in [-0.4, -0.2) is 23.0 Å². The van der Waals surface area contributed by atoms with Crippen LogP contribution in [0.3, 0.4) is 0 Å². The lowest BCUT2D eigenvalue weighted by atomic mass is 10.2. The number of halogens is 1. The first-order chi connectivity index (χ1) is 14.6. The topological polar surface area (TPSA) is 41.9 Å². The highest BCUT2D eigenvalue weighted by molar-refractivity contribution is 9.10. The molecule has 1 saturated heterocycles. The first-order valence-electron chi connectivity index (χ1n) is 9.38. The summed E-state index contributed by atoms with van der Waals surface area (Å²) in [5.74, 6) is 0.662. The fraction of sp³-hybridized carbons (Fsp3) is 0.0833. The number of hydrogen-bond acceptors (Lipinski definition) is 4. The van der Waals surface area contributed by atoms with E-state index in [0.29, 0.717) is 16.7 Å². The molecule has 0 bridgehead atoms. The summed E-state index contributed by atoms with van der Waals surface area (Å²) in [6.07, 6.45) is 1.87. The number of nitrogens with zero attached hydrogens (tertiary/aromatic N) is 2. The van der Waals surface area contributed by atoms with Crippen molar-refractivity contribution in [1.29, 1.82) is 0 Å². The highest BCUT2D eigenvalue weighted by Crippen LogP contribution is 2.34. The van der Waals surface area contributed by atoms with E-state index in [2.05, 4.69) is 20.9 Å². The number of hydrogen-bond donors (Lipinski definition) is 0. The number of aliphatic imine (C=N–C) groups is 1. The number of benzene rings is 3. The lowest BCUT2D eigenvalue weighted by molar-refractivity contribution is -0.121. The average Bonchev–Trinajstić information content (AvgIpc) is 3.03. The second-order valence-corrected chi connectivity index (χ2v) is 8.58. The summed E-state index contributed by atoms with van der Waals surface area (Å²) in [5, 5.41) is 0.658. The number of amidine groups is 1. The van der Waals surface area contributed by atoms with Gasteiger partial charge in [-0.1, -0.05) is 64.5 Å². The van der Waals surface area contributed by atoms with Crippen LogP contribution in [0.4, 0.5) is 5.69 Å². The first-order valence-corrected chi connectivity index (χ1v) is 11.0. The second kappa shape index (κ2) is 9.32. The summed E-state index contributed by atoms with van der Waals surface area (Å²) in [6.45, 7) is 0.454. The third kappa shape index (κ3) is 4.83. The van der Waals surface area contributed by atoms with Crippen LogP contribution in [0.5, 0.6) is 5.75 Å². The molecule has 6 heteroatoms. The number of carbonyl (C=O) groups excluding carboxylic acids is 1. The summed E-state index contributed by atoms with van der Waals surface area (Å²) >= 11 is 4.81. The van der Waals surface area contributed by atoms with Gasteiger partial charge < -0.3 is 4.74 Å². The Morgan fingerprint density at radius 2 is 1.70 bits per heavy atom. The Kier molecular flexibility index (Phi) is 6.35. The van der Waals surface area contributed by atoms with Gasteiger partial charge in [-0.25, -0.2) is 4.99 Å². The SMILES string of the molecule is CN1C(=O)/C(=C/c2ccccc2OCc2ccc(Br)cc2)SC1=Nc1ccccc1. The van der Waals surface area contributed by atoms with Gasteiger partial charge in [0.1, 0.15) is 12.4 Å². The second-order valence-electron chi connectivity index (χ2n) is 6.66. The van der Waals surface area contributed by atoms with Gasteiger partial charge in [-0.2, -0.15) is 0 Å². The Bertz CT molecular complexity index is 1110. The van der Waals surface area contributed by atoms with Crippen molar-refractivity contribution in [3.8, 4) is 5.75 Å². The van der Waals surface area contributed by atoms with Gasteiger partial charge in [0, 0.05) is 17.1 Å². The zero-order valence-corrected chi connectivity index (χ0v) is 18.7. The van der Waals surface area contributed by atoms with E-state index in [1.54, 1.807) is 11.9 Å². The molecular weight excluding hydrogens is 460 g/mol. The summed E-state index contributed by atoms with van der Waals surface area (Å²) in [6, 6.07) is 25.4. The number of para-hydroxylation sites is 2. The van der Waals surface area contributed by atoms with E-state index in [-0.39, 0.29) is 5.91 Å². The molecule has 1 heterocycles. The molecule has 0 atom stereocenters. The van der Waals surface area contributed by atoms with Crippen molar-refractivity contribution < 1.29 is 9.53 Å². The molecule has 0 unspecified atom stereocenters. The van der Waals surface area contributed by atoms with Crippen LogP contribution in [0.25, 0.3) is 6.08 Å². The van der Waals surface area contributed by atoms with E-state index in [1.165, 1.54) is 11.8 Å². The van der Waals surface area contributed by atoms with Crippen molar-refractivity contribution in [3.63, 3.8) is 0 Å². The molecule has 150 valence electrons. The minimum atomic E-state index is -0.0719. The Labute approximate surface area is 188 Å². The van der Waals surface area contributed by atoms with Crippen molar-refractivity contribution in [2.24, 2.45) is 4.99 Å². The predicted molar refractivity (Wildman–Crippen MR) is 127 cm³/mol. The van der Waals surface area contributed by atoms with E-state index in [0.717, 1.165) is 27.0 Å². The molecule has 3 aromatic rings. The molecule has 4 nitrogen and oxygen atoms in total. The third-order valence-electron chi connectivity index (χ3n) is 4.50. The Balaban J connectivity index is 1.55. The Morgan fingerprint density at radius 3 is 2.47 bits per heavy atom. The highest BCUT2D eigenvalue weighted by Gasteiger charge is 2.30. The van der Waals surface area contributed by atoms with Crippen LogP contribution in [-0.2, 0) is 11.4 Å². The molecule has 30 heavy (non-hydrogen) atoms. The summed E-state index contributed by atoms with van der Waals surface area (Å²) in [5.41, 5.74) is 2.75. The fourth-order valence-electron chi connectivity index (χ4n) is 2.88. The quantitative estimate of drug-likeness (QED) is 0.406. The van der Waals surface area contributed by atoms with Gasteiger partial charge in [0.05, 0.1) is 10.6 Å². The molecule has 1 fully saturated rings. The van der Waals surface area contributed by atoms with Crippen molar-refractivity contribution >= 4 is 50.5 Å². The van der Waals surface area contributed by atoms with E-state index in [1.807, 2.05) is 84.9 Å². The van der Waals surface area contributed by atoms with Gasteiger partial charge in [-0.05, 0) is 53.7 Å². The molecule has 0 N–H and O–H groups in total. The molecule has 0 spiro atoms. The van der Waals surface area contributed by atoms with Crippen LogP contribution < -0.4 is 4.74 Å². The maximum atomic E-state index is 12.7. The molecule has 0 aliphatic carbocycles. The van der Waals surface area contributed by atoms with Crippen LogP contribution in [0.15, 0.2) is 93.2 Å². The Morgan fingerprint density at radius 1 is 1.00 bits per heavy atom. The number of ether oxygens (including phenoxy) is 1. The molecule has 0 saturated carbocycles. The minimum absolute atomic E-state index is 0.0719. The maximum absolute atomic E-state index is 12.7. The van der Waals surface area contributed by atoms with Gasteiger partial charge in [0.2, 0.25) is 0 Å². The standard InChI is InChI=1S/C24H19BrN2O2S/c1-27-23(28)22(30-24(27)26-20-8-3-2-4-9-20)15-18-7-5-6-10-21(18)29-16-17-11-13-19(25)14-12-17/h2-15H,16H2,1H3/b22-15-,26-24?. The van der Waals surface area contributed by atoms with Crippen LogP contribution in [0.1, 0.15) is 11.1 Å². The predicted octanol–water partition coefficient (Wildman–Crippen LogP) is 6.26. The zero-order chi connectivity index (χ0) is 20.9. The Hall–Kier alpha value is -2.83. The van der Waals surface area contributed by atoms with Gasteiger partial charge in [0.15, 0.2) is 5.17 Å². The average molecular weight is 479 g/mol. The van der Waals surface area contributed by atoms with Crippen LogP contribution in [0, 0.1) is 0 Å². The molecule has 3 aromatic carbocycles. The van der Waals surface area contributed by atoms with Gasteiger partial charge >= 0.3 is 0 Å². The first kappa shape index (κ1) is 20.4. The fourth-order valence-corrected chi connectivity index (χ4v) is 4.12. The maximum Gasteiger partial charge on any atom is 0.266 e. The third-order valence-corrected chi connectivity index (χ3v) is 6.09. The van der Waals surface area contributed by atoms with E-state index < -0.39 is 0 Å². The lowest BCUT2D eigenvalue weighted by Gasteiger charge is -2.10. The number of amides is 1. The zero-order valence-electron chi connectivity index (χ0n) is 16.3. The molecule has 1 aliphatic rings. The summed E-state index contributed by atoms with van der Waals surface area (Å²) in [4.78, 5) is 19.5. The monoisotopic (exact) mass is 478 g/mol. The highest BCUT2D eigenvalue weighted by atomic mass is 79.9. The summed E-state index contributed by atoms with van der Waals surface area (Å²) in [7, 11) is 1.74. The van der Waals surface area contributed by atoms with Crippen molar-refractivity contribution in [2.75, 3.05) is 7.05 Å². The number of rotatable bonds is 5. The molecule has 0 aromatic heterocycles. The molecule has 1 aliphatic heterocycles. The van der Waals surface area contributed by atoms with Gasteiger partial charge in [0.25, 0.3) is 5.91 Å². The van der Waals surface area contributed by atoms with Crippen molar-refractivity contribution in [3.05, 3.63) is 99.4 Å². The number of thioether (sulfide) groups is 1. The van der Waals surface area contributed by atoms with Gasteiger partial charge in [-0.3, -0.25) is 9.69 Å². The number of carbonyl (C=O) groups is 1. The smallest absolute Gasteiger partial charge is 0.266 e. The normalized spacial score (nSPS) is 16.5.